The first kappa shape index (κ1) is 14.0. The zero-order chi connectivity index (χ0) is 14.9. The fourth-order valence-corrected chi connectivity index (χ4v) is 3.29. The number of piperazine rings is 1. The fourth-order valence-electron chi connectivity index (χ4n) is 2.80. The summed E-state index contributed by atoms with van der Waals surface area (Å²) in [6.45, 7) is 5.92. The molecule has 8 heteroatoms. The van der Waals surface area contributed by atoms with Crippen LogP contribution < -0.4 is 15.1 Å². The SMILES string of the molecule is CSc1ncnc2c(N3CCC3)nc(N3CCNCC3)nc12. The topological polar surface area (TPSA) is 70.1 Å². The zero-order valence-electron chi connectivity index (χ0n) is 12.6. The maximum atomic E-state index is 4.84. The van der Waals surface area contributed by atoms with Crippen LogP contribution in [0.3, 0.4) is 0 Å². The lowest BCUT2D eigenvalue weighted by molar-refractivity contribution is 0.576. The van der Waals surface area contributed by atoms with Crippen LogP contribution in [0.15, 0.2) is 11.4 Å². The third-order valence-corrected chi connectivity index (χ3v) is 4.85. The predicted octanol–water partition coefficient (Wildman–Crippen LogP) is 0.761. The molecule has 2 aliphatic rings. The van der Waals surface area contributed by atoms with Crippen LogP contribution in [0.1, 0.15) is 6.42 Å². The monoisotopic (exact) mass is 317 g/mol. The normalized spacial score (nSPS) is 18.6. The van der Waals surface area contributed by atoms with E-state index in [9.17, 15) is 0 Å². The van der Waals surface area contributed by atoms with Crippen molar-refractivity contribution < 1.29 is 0 Å². The van der Waals surface area contributed by atoms with E-state index in [1.165, 1.54) is 6.42 Å². The lowest BCUT2D eigenvalue weighted by Crippen LogP contribution is -2.44. The van der Waals surface area contributed by atoms with Crippen LogP contribution in [0.2, 0.25) is 0 Å². The summed E-state index contributed by atoms with van der Waals surface area (Å²) in [4.78, 5) is 23.0. The highest BCUT2D eigenvalue weighted by Crippen LogP contribution is 2.31. The van der Waals surface area contributed by atoms with Gasteiger partial charge >= 0.3 is 0 Å². The van der Waals surface area contributed by atoms with Crippen LogP contribution >= 0.6 is 11.8 Å². The van der Waals surface area contributed by atoms with Crippen molar-refractivity contribution in [3.63, 3.8) is 0 Å². The molecule has 2 saturated heterocycles. The van der Waals surface area contributed by atoms with Crippen LogP contribution in [0, 0.1) is 0 Å². The van der Waals surface area contributed by atoms with Gasteiger partial charge in [0.1, 0.15) is 22.4 Å². The number of nitrogens with one attached hydrogen (secondary N) is 1. The molecule has 4 rings (SSSR count). The van der Waals surface area contributed by atoms with Gasteiger partial charge in [0, 0.05) is 39.3 Å². The highest BCUT2D eigenvalue weighted by molar-refractivity contribution is 7.98. The second kappa shape index (κ2) is 5.85. The summed E-state index contributed by atoms with van der Waals surface area (Å²) in [5, 5.41) is 4.29. The van der Waals surface area contributed by atoms with Crippen molar-refractivity contribution in [3.8, 4) is 0 Å². The van der Waals surface area contributed by atoms with Crippen LogP contribution in [0.5, 0.6) is 0 Å². The Morgan fingerprint density at radius 2 is 1.82 bits per heavy atom. The highest BCUT2D eigenvalue weighted by atomic mass is 32.2. The van der Waals surface area contributed by atoms with Gasteiger partial charge < -0.3 is 15.1 Å². The molecule has 0 atom stereocenters. The first-order valence-corrected chi connectivity index (χ1v) is 8.86. The van der Waals surface area contributed by atoms with Crippen molar-refractivity contribution in [2.75, 3.05) is 55.3 Å². The average Bonchev–Trinajstić information content (AvgIpc) is 2.53. The number of hydrogen-bond acceptors (Lipinski definition) is 8. The number of nitrogens with zero attached hydrogens (tertiary/aromatic N) is 6. The summed E-state index contributed by atoms with van der Waals surface area (Å²) < 4.78 is 0. The molecular formula is C14H19N7S. The van der Waals surface area contributed by atoms with Gasteiger partial charge in [-0.05, 0) is 12.7 Å². The quantitative estimate of drug-likeness (QED) is 0.657. The Labute approximate surface area is 133 Å². The molecule has 0 aliphatic carbocycles. The molecule has 2 aromatic heterocycles. The minimum absolute atomic E-state index is 0.806. The Hall–Kier alpha value is -1.67. The Balaban J connectivity index is 1.86. The molecule has 1 N–H and O–H groups in total. The van der Waals surface area contributed by atoms with E-state index < -0.39 is 0 Å². The standard InChI is InChI=1S/C14H19N7S/c1-22-13-11-10(16-9-17-13)12(20-5-2-6-20)19-14(18-11)21-7-3-15-4-8-21/h9,15H,2-8H2,1H3. The molecule has 2 fully saturated rings. The minimum Gasteiger partial charge on any atom is -0.355 e. The average molecular weight is 317 g/mol. The first-order valence-electron chi connectivity index (χ1n) is 7.64. The van der Waals surface area contributed by atoms with E-state index in [-0.39, 0.29) is 0 Å². The number of thioether (sulfide) groups is 1. The predicted molar refractivity (Wildman–Crippen MR) is 88.8 cm³/mol. The van der Waals surface area contributed by atoms with Gasteiger partial charge in [-0.3, -0.25) is 0 Å². The summed E-state index contributed by atoms with van der Waals surface area (Å²) in [6, 6.07) is 0. The number of aromatic nitrogens is 4. The minimum atomic E-state index is 0.806. The van der Waals surface area contributed by atoms with Crippen molar-refractivity contribution in [1.29, 1.82) is 0 Å². The summed E-state index contributed by atoms with van der Waals surface area (Å²) in [7, 11) is 0. The second-order valence-corrected chi connectivity index (χ2v) is 6.30. The van der Waals surface area contributed by atoms with Gasteiger partial charge in [-0.1, -0.05) is 0 Å². The van der Waals surface area contributed by atoms with E-state index in [4.69, 9.17) is 9.97 Å². The molecule has 0 bridgehead atoms. The molecule has 116 valence electrons. The molecular weight excluding hydrogens is 298 g/mol. The third kappa shape index (κ3) is 2.36. The molecule has 0 saturated carbocycles. The van der Waals surface area contributed by atoms with Crippen molar-refractivity contribution in [1.82, 2.24) is 25.3 Å². The van der Waals surface area contributed by atoms with Gasteiger partial charge in [-0.2, -0.15) is 4.98 Å². The number of rotatable bonds is 3. The molecule has 0 spiro atoms. The van der Waals surface area contributed by atoms with Crippen molar-refractivity contribution in [2.45, 2.75) is 11.4 Å². The van der Waals surface area contributed by atoms with E-state index in [1.807, 2.05) is 6.26 Å². The maximum Gasteiger partial charge on any atom is 0.228 e. The summed E-state index contributed by atoms with van der Waals surface area (Å²) in [5.41, 5.74) is 1.75. The van der Waals surface area contributed by atoms with Gasteiger partial charge in [0.15, 0.2) is 5.82 Å². The van der Waals surface area contributed by atoms with Gasteiger partial charge in [0.05, 0.1) is 0 Å². The summed E-state index contributed by atoms with van der Waals surface area (Å²) in [5.74, 6) is 1.77. The lowest BCUT2D eigenvalue weighted by Gasteiger charge is -2.34. The molecule has 2 aromatic rings. The van der Waals surface area contributed by atoms with Crippen molar-refractivity contribution in [3.05, 3.63) is 6.33 Å². The van der Waals surface area contributed by atoms with E-state index in [0.717, 1.165) is 67.1 Å². The van der Waals surface area contributed by atoms with Gasteiger partial charge in [0.25, 0.3) is 0 Å². The largest absolute Gasteiger partial charge is 0.355 e. The van der Waals surface area contributed by atoms with Crippen LogP contribution in [0.4, 0.5) is 11.8 Å². The Kier molecular flexibility index (Phi) is 3.71. The molecule has 0 unspecified atom stereocenters. The second-order valence-electron chi connectivity index (χ2n) is 5.51. The number of fused-ring (bicyclic) bond motifs is 1. The molecule has 7 nitrogen and oxygen atoms in total. The van der Waals surface area contributed by atoms with Crippen LogP contribution in [-0.2, 0) is 0 Å². The van der Waals surface area contributed by atoms with E-state index >= 15 is 0 Å². The van der Waals surface area contributed by atoms with Crippen molar-refractivity contribution in [2.24, 2.45) is 0 Å². The van der Waals surface area contributed by atoms with Gasteiger partial charge in [0.2, 0.25) is 5.95 Å². The van der Waals surface area contributed by atoms with Gasteiger partial charge in [-0.25, -0.2) is 15.0 Å². The number of anilines is 2. The lowest BCUT2D eigenvalue weighted by atomic mass is 10.2. The molecule has 22 heavy (non-hydrogen) atoms. The molecule has 0 radical (unpaired) electrons. The Morgan fingerprint density at radius 3 is 2.50 bits per heavy atom. The summed E-state index contributed by atoms with van der Waals surface area (Å²) >= 11 is 1.61. The first-order chi connectivity index (χ1) is 10.9. The molecule has 4 heterocycles. The molecule has 0 aromatic carbocycles. The van der Waals surface area contributed by atoms with Gasteiger partial charge in [-0.15, -0.1) is 11.8 Å². The van der Waals surface area contributed by atoms with Crippen LogP contribution in [-0.4, -0.2) is 65.5 Å². The van der Waals surface area contributed by atoms with E-state index in [1.54, 1.807) is 18.1 Å². The van der Waals surface area contributed by atoms with E-state index in [2.05, 4.69) is 25.1 Å². The zero-order valence-corrected chi connectivity index (χ0v) is 13.4. The van der Waals surface area contributed by atoms with E-state index in [0.29, 0.717) is 0 Å². The maximum absolute atomic E-state index is 4.84. The Bertz CT molecular complexity index is 682. The molecule has 2 aliphatic heterocycles. The van der Waals surface area contributed by atoms with Crippen LogP contribution in [0.25, 0.3) is 11.0 Å². The number of hydrogen-bond donors (Lipinski definition) is 1. The third-order valence-electron chi connectivity index (χ3n) is 4.17. The molecule has 0 amide bonds. The highest BCUT2D eigenvalue weighted by Gasteiger charge is 2.24. The summed E-state index contributed by atoms with van der Waals surface area (Å²) in [6.07, 6.45) is 4.86. The smallest absolute Gasteiger partial charge is 0.228 e. The van der Waals surface area contributed by atoms with Crippen molar-refractivity contribution >= 4 is 34.6 Å². The fraction of sp³-hybridized carbons (Fsp3) is 0.571. The Morgan fingerprint density at radius 1 is 1.00 bits per heavy atom.